The van der Waals surface area contributed by atoms with Gasteiger partial charge in [-0.3, -0.25) is 0 Å². The third kappa shape index (κ3) is 2.23. The molecule has 0 fully saturated rings. The topological polar surface area (TPSA) is 9.23 Å². The quantitative estimate of drug-likeness (QED) is 0.722. The molecule has 0 aliphatic rings. The molecule has 66 valence electrons. The van der Waals surface area contributed by atoms with Gasteiger partial charge in [0.05, 0.1) is 0 Å². The van der Waals surface area contributed by atoms with Crippen molar-refractivity contribution in [1.29, 1.82) is 0 Å². The van der Waals surface area contributed by atoms with Crippen molar-refractivity contribution in [2.75, 3.05) is 0 Å². The molecular weight excluding hydrogens is 204 g/mol. The summed E-state index contributed by atoms with van der Waals surface area (Å²) in [4.78, 5) is 0. The van der Waals surface area contributed by atoms with Gasteiger partial charge >= 0.3 is 0 Å². The maximum absolute atomic E-state index is 5.81. The zero-order chi connectivity index (χ0) is 9.10. The third-order valence-electron chi connectivity index (χ3n) is 1.51. The van der Waals surface area contributed by atoms with Gasteiger partial charge in [-0.15, -0.1) is 11.3 Å². The molecule has 1 heterocycles. The summed E-state index contributed by atoms with van der Waals surface area (Å²) in [6.07, 6.45) is 0. The molecule has 1 nitrogen and oxygen atoms in total. The van der Waals surface area contributed by atoms with Gasteiger partial charge in [-0.1, -0.05) is 17.7 Å². The third-order valence-corrected chi connectivity index (χ3v) is 2.49. The Kier molecular flexibility index (Phi) is 2.52. The minimum absolute atomic E-state index is 0.689. The van der Waals surface area contributed by atoms with Crippen molar-refractivity contribution in [3.8, 4) is 10.8 Å². The fourth-order valence-electron chi connectivity index (χ4n) is 0.968. The average molecular weight is 211 g/mol. The lowest BCUT2D eigenvalue weighted by molar-refractivity contribution is 0.496. The summed E-state index contributed by atoms with van der Waals surface area (Å²) >= 11 is 7.37. The molecule has 0 saturated carbocycles. The average Bonchev–Trinajstić information content (AvgIpc) is 2.57. The zero-order valence-electron chi connectivity index (χ0n) is 6.74. The van der Waals surface area contributed by atoms with Crippen LogP contribution >= 0.6 is 22.9 Å². The second kappa shape index (κ2) is 3.81. The Balaban J connectivity index is 2.19. The number of benzene rings is 1. The number of rotatable bonds is 2. The van der Waals surface area contributed by atoms with Crippen LogP contribution in [0.1, 0.15) is 0 Å². The van der Waals surface area contributed by atoms with Crippen LogP contribution in [0.4, 0.5) is 0 Å². The lowest BCUT2D eigenvalue weighted by Crippen LogP contribution is -1.79. The van der Waals surface area contributed by atoms with E-state index in [1.165, 1.54) is 0 Å². The van der Waals surface area contributed by atoms with Gasteiger partial charge < -0.3 is 4.74 Å². The molecular formula is C10H7ClOS. The lowest BCUT2D eigenvalue weighted by Gasteiger charge is -2.01. The van der Waals surface area contributed by atoms with Crippen molar-refractivity contribution in [3.05, 3.63) is 46.8 Å². The van der Waals surface area contributed by atoms with Crippen LogP contribution in [0.25, 0.3) is 0 Å². The second-order valence-electron chi connectivity index (χ2n) is 2.49. The molecule has 1 aromatic carbocycles. The molecule has 0 saturated heterocycles. The highest BCUT2D eigenvalue weighted by atomic mass is 35.5. The van der Waals surface area contributed by atoms with E-state index in [0.29, 0.717) is 5.02 Å². The van der Waals surface area contributed by atoms with Crippen molar-refractivity contribution >= 4 is 22.9 Å². The van der Waals surface area contributed by atoms with Gasteiger partial charge in [0.25, 0.3) is 0 Å². The fraction of sp³-hybridized carbons (Fsp3) is 0. The van der Waals surface area contributed by atoms with Crippen molar-refractivity contribution in [3.63, 3.8) is 0 Å². The molecule has 0 unspecified atom stereocenters. The maximum Gasteiger partial charge on any atom is 0.180 e. The predicted octanol–water partition coefficient (Wildman–Crippen LogP) is 4.19. The Morgan fingerprint density at radius 2 is 2.08 bits per heavy atom. The molecule has 0 atom stereocenters. The number of hydrogen-bond acceptors (Lipinski definition) is 2. The first kappa shape index (κ1) is 8.60. The summed E-state index contributed by atoms with van der Waals surface area (Å²) in [7, 11) is 0. The molecule has 0 aliphatic heterocycles. The summed E-state index contributed by atoms with van der Waals surface area (Å²) in [5, 5.41) is 3.54. The molecule has 3 heteroatoms. The van der Waals surface area contributed by atoms with E-state index < -0.39 is 0 Å². The lowest BCUT2D eigenvalue weighted by atomic mass is 10.3. The molecule has 2 rings (SSSR count). The van der Waals surface area contributed by atoms with Gasteiger partial charge in [0.15, 0.2) is 5.06 Å². The highest BCUT2D eigenvalue weighted by Crippen LogP contribution is 2.27. The summed E-state index contributed by atoms with van der Waals surface area (Å²) in [5.74, 6) is 0.773. The fourth-order valence-corrected chi connectivity index (χ4v) is 1.74. The first-order valence-corrected chi connectivity index (χ1v) is 5.07. The van der Waals surface area contributed by atoms with E-state index in [1.54, 1.807) is 17.4 Å². The largest absolute Gasteiger partial charge is 0.447 e. The SMILES string of the molecule is Clc1cccc(Oc2cccs2)c1. The molecule has 0 bridgehead atoms. The predicted molar refractivity (Wildman–Crippen MR) is 55.8 cm³/mol. The number of halogens is 1. The first-order chi connectivity index (χ1) is 6.34. The summed E-state index contributed by atoms with van der Waals surface area (Å²) in [6, 6.07) is 11.2. The Hall–Kier alpha value is -0.990. The molecule has 0 radical (unpaired) electrons. The Labute approximate surface area is 85.5 Å². The van der Waals surface area contributed by atoms with Crippen molar-refractivity contribution in [1.82, 2.24) is 0 Å². The van der Waals surface area contributed by atoms with Gasteiger partial charge in [-0.2, -0.15) is 0 Å². The summed E-state index contributed by atoms with van der Waals surface area (Å²) < 4.78 is 5.53. The van der Waals surface area contributed by atoms with E-state index in [2.05, 4.69) is 0 Å². The van der Waals surface area contributed by atoms with Crippen LogP contribution in [0.3, 0.4) is 0 Å². The molecule has 2 aromatic rings. The number of hydrogen-bond donors (Lipinski definition) is 0. The minimum atomic E-state index is 0.689. The van der Waals surface area contributed by atoms with E-state index in [-0.39, 0.29) is 0 Å². The van der Waals surface area contributed by atoms with Crippen LogP contribution in [0, 0.1) is 0 Å². The smallest absolute Gasteiger partial charge is 0.180 e. The van der Waals surface area contributed by atoms with E-state index in [1.807, 2.05) is 35.7 Å². The number of thiophene rings is 1. The summed E-state index contributed by atoms with van der Waals surface area (Å²) in [6.45, 7) is 0. The molecule has 0 spiro atoms. The van der Waals surface area contributed by atoms with Crippen LogP contribution in [-0.4, -0.2) is 0 Å². The van der Waals surface area contributed by atoms with E-state index in [0.717, 1.165) is 10.8 Å². The zero-order valence-corrected chi connectivity index (χ0v) is 8.31. The summed E-state index contributed by atoms with van der Waals surface area (Å²) in [5.41, 5.74) is 0. The maximum atomic E-state index is 5.81. The number of ether oxygens (including phenoxy) is 1. The van der Waals surface area contributed by atoms with Crippen molar-refractivity contribution in [2.24, 2.45) is 0 Å². The first-order valence-electron chi connectivity index (χ1n) is 3.81. The van der Waals surface area contributed by atoms with Gasteiger partial charge in [0, 0.05) is 5.02 Å². The normalized spacial score (nSPS) is 9.92. The Morgan fingerprint density at radius 1 is 1.15 bits per heavy atom. The standard InChI is InChI=1S/C10H7ClOS/c11-8-3-1-4-9(7-8)12-10-5-2-6-13-10/h1-7H. The highest BCUT2D eigenvalue weighted by molar-refractivity contribution is 7.11. The second-order valence-corrected chi connectivity index (χ2v) is 3.84. The van der Waals surface area contributed by atoms with Crippen LogP contribution in [-0.2, 0) is 0 Å². The minimum Gasteiger partial charge on any atom is -0.447 e. The van der Waals surface area contributed by atoms with Crippen LogP contribution in [0.15, 0.2) is 41.8 Å². The van der Waals surface area contributed by atoms with Gasteiger partial charge in [-0.25, -0.2) is 0 Å². The molecule has 13 heavy (non-hydrogen) atoms. The molecule has 0 aliphatic carbocycles. The van der Waals surface area contributed by atoms with Crippen LogP contribution < -0.4 is 4.74 Å². The Morgan fingerprint density at radius 3 is 2.77 bits per heavy atom. The molecule has 0 amide bonds. The van der Waals surface area contributed by atoms with Gasteiger partial charge in [0.1, 0.15) is 5.75 Å². The Bertz CT molecular complexity index is 384. The van der Waals surface area contributed by atoms with Gasteiger partial charge in [0.2, 0.25) is 0 Å². The van der Waals surface area contributed by atoms with Gasteiger partial charge in [-0.05, 0) is 35.7 Å². The van der Waals surface area contributed by atoms with E-state index in [9.17, 15) is 0 Å². The monoisotopic (exact) mass is 210 g/mol. The highest BCUT2D eigenvalue weighted by Gasteiger charge is 1.97. The molecule has 1 aromatic heterocycles. The van der Waals surface area contributed by atoms with Crippen LogP contribution in [0.2, 0.25) is 5.02 Å². The van der Waals surface area contributed by atoms with E-state index in [4.69, 9.17) is 16.3 Å². The van der Waals surface area contributed by atoms with Crippen molar-refractivity contribution < 1.29 is 4.74 Å². The molecule has 0 N–H and O–H groups in total. The van der Waals surface area contributed by atoms with E-state index >= 15 is 0 Å². The van der Waals surface area contributed by atoms with Crippen LogP contribution in [0.5, 0.6) is 10.8 Å². The van der Waals surface area contributed by atoms with Crippen molar-refractivity contribution in [2.45, 2.75) is 0 Å².